The van der Waals surface area contributed by atoms with Gasteiger partial charge >= 0.3 is 0 Å². The van der Waals surface area contributed by atoms with E-state index in [1.54, 1.807) is 12.5 Å². The van der Waals surface area contributed by atoms with Crippen molar-refractivity contribution in [2.24, 2.45) is 5.73 Å². The summed E-state index contributed by atoms with van der Waals surface area (Å²) in [5.74, 6) is -0.172. The number of amides is 2. The number of anilines is 2. The Labute approximate surface area is 173 Å². The normalized spacial score (nSPS) is 11.5. The van der Waals surface area contributed by atoms with Crippen molar-refractivity contribution in [2.75, 3.05) is 19.0 Å². The van der Waals surface area contributed by atoms with Crippen molar-refractivity contribution in [2.45, 2.75) is 13.0 Å². The van der Waals surface area contributed by atoms with Crippen LogP contribution in [0.4, 0.5) is 10.8 Å². The zero-order chi connectivity index (χ0) is 20.8. The molecule has 3 N–H and O–H groups in total. The summed E-state index contributed by atoms with van der Waals surface area (Å²) < 4.78 is 5.14. The Morgan fingerprint density at radius 1 is 1.17 bits per heavy atom. The first-order valence-corrected chi connectivity index (χ1v) is 9.86. The molecule has 0 aliphatic heterocycles. The zero-order valence-electron chi connectivity index (χ0n) is 16.2. The average Bonchev–Trinajstić information content (AvgIpc) is 3.20. The number of benzene rings is 2. The lowest BCUT2D eigenvalue weighted by Gasteiger charge is -2.27. The van der Waals surface area contributed by atoms with Gasteiger partial charge in [0.2, 0.25) is 5.91 Å². The van der Waals surface area contributed by atoms with Gasteiger partial charge in [-0.25, -0.2) is 4.98 Å². The number of hydrogen-bond donors (Lipinski definition) is 2. The first-order chi connectivity index (χ1) is 14.0. The van der Waals surface area contributed by atoms with Gasteiger partial charge < -0.3 is 20.7 Å². The lowest BCUT2D eigenvalue weighted by molar-refractivity contribution is -0.119. The lowest BCUT2D eigenvalue weighted by atomic mass is 10.1. The summed E-state index contributed by atoms with van der Waals surface area (Å²) in [5, 5.41) is 5.40. The van der Waals surface area contributed by atoms with Crippen molar-refractivity contribution in [3.63, 3.8) is 0 Å². The largest absolute Gasteiger partial charge is 0.497 e. The third-order valence-electron chi connectivity index (χ3n) is 4.40. The van der Waals surface area contributed by atoms with Gasteiger partial charge in [-0.1, -0.05) is 30.3 Å². The second-order valence-corrected chi connectivity index (χ2v) is 7.24. The van der Waals surface area contributed by atoms with E-state index in [-0.39, 0.29) is 24.2 Å². The van der Waals surface area contributed by atoms with Gasteiger partial charge in [-0.05, 0) is 36.8 Å². The number of carbonyl (C=O) groups excluding carboxylic acids is 2. The summed E-state index contributed by atoms with van der Waals surface area (Å²) >= 11 is 1.31. The quantitative estimate of drug-likeness (QED) is 0.591. The van der Waals surface area contributed by atoms with E-state index in [0.717, 1.165) is 17.0 Å². The molecular formula is C21H22N4O3S. The molecule has 1 atom stereocenters. The number of nitrogens with one attached hydrogen (secondary N) is 1. The van der Waals surface area contributed by atoms with Crippen LogP contribution >= 0.6 is 11.3 Å². The fourth-order valence-corrected chi connectivity index (χ4v) is 3.54. The average molecular weight is 410 g/mol. The van der Waals surface area contributed by atoms with E-state index in [2.05, 4.69) is 10.3 Å². The maximum absolute atomic E-state index is 13.1. The Morgan fingerprint density at radius 3 is 2.48 bits per heavy atom. The number of carbonyl (C=O) groups is 2. The minimum atomic E-state index is -0.576. The van der Waals surface area contributed by atoms with Gasteiger partial charge in [0.1, 0.15) is 18.0 Å². The lowest BCUT2D eigenvalue weighted by Crippen LogP contribution is -2.40. The van der Waals surface area contributed by atoms with Gasteiger partial charge in [-0.15, -0.1) is 11.3 Å². The molecule has 0 aliphatic rings. The summed E-state index contributed by atoms with van der Waals surface area (Å²) in [5.41, 5.74) is 7.38. The third kappa shape index (κ3) is 5.11. The van der Waals surface area contributed by atoms with Crippen molar-refractivity contribution in [1.29, 1.82) is 0 Å². The number of thiazole rings is 1. The number of nitrogens with zero attached hydrogens (tertiary/aromatic N) is 2. The summed E-state index contributed by atoms with van der Waals surface area (Å²) in [6, 6.07) is 16.5. The highest BCUT2D eigenvalue weighted by molar-refractivity contribution is 7.14. The number of aromatic nitrogens is 1. The van der Waals surface area contributed by atoms with Crippen molar-refractivity contribution < 1.29 is 14.3 Å². The highest BCUT2D eigenvalue weighted by atomic mass is 32.1. The molecule has 3 aromatic rings. The topological polar surface area (TPSA) is 97.6 Å². The first-order valence-electron chi connectivity index (χ1n) is 8.98. The zero-order valence-corrected chi connectivity index (χ0v) is 17.0. The van der Waals surface area contributed by atoms with Crippen LogP contribution in [0.1, 0.15) is 29.0 Å². The maximum atomic E-state index is 13.1. The molecule has 8 heteroatoms. The maximum Gasteiger partial charge on any atom is 0.274 e. The second kappa shape index (κ2) is 9.20. The van der Waals surface area contributed by atoms with Gasteiger partial charge in [0, 0.05) is 11.1 Å². The van der Waals surface area contributed by atoms with Gasteiger partial charge in [0.15, 0.2) is 5.13 Å². The van der Waals surface area contributed by atoms with Crippen LogP contribution in [0.5, 0.6) is 5.75 Å². The second-order valence-electron chi connectivity index (χ2n) is 6.38. The molecule has 0 aliphatic carbocycles. The first kappa shape index (κ1) is 20.3. The Morgan fingerprint density at radius 2 is 1.86 bits per heavy atom. The van der Waals surface area contributed by atoms with E-state index < -0.39 is 5.91 Å². The van der Waals surface area contributed by atoms with Crippen LogP contribution in [0.3, 0.4) is 0 Å². The summed E-state index contributed by atoms with van der Waals surface area (Å²) in [7, 11) is 1.61. The molecule has 3 rings (SSSR count). The molecule has 0 bridgehead atoms. The molecule has 2 aromatic carbocycles. The van der Waals surface area contributed by atoms with Crippen LogP contribution in [0.2, 0.25) is 0 Å². The minimum absolute atomic E-state index is 0.187. The fourth-order valence-electron chi connectivity index (χ4n) is 2.84. The number of methoxy groups -OCH3 is 1. The number of primary amides is 1. The molecule has 1 aromatic heterocycles. The molecule has 2 amide bonds. The molecule has 0 saturated heterocycles. The van der Waals surface area contributed by atoms with Crippen molar-refractivity contribution in [3.8, 4) is 5.75 Å². The predicted molar refractivity (Wildman–Crippen MR) is 113 cm³/mol. The van der Waals surface area contributed by atoms with E-state index >= 15 is 0 Å². The van der Waals surface area contributed by atoms with Crippen molar-refractivity contribution in [3.05, 3.63) is 71.2 Å². The standard InChI is InChI=1S/C21H22N4O3S/c1-14(15-6-4-3-5-7-15)25(12-19(22)26)20(27)18-13-29-21(24-18)23-16-8-10-17(28-2)11-9-16/h3-11,13-14H,12H2,1-2H3,(H2,22,26)(H,23,24)/t14-/m1/s1. The minimum Gasteiger partial charge on any atom is -0.497 e. The fraction of sp³-hybridized carbons (Fsp3) is 0.190. The van der Waals surface area contributed by atoms with Gasteiger partial charge in [0.25, 0.3) is 5.91 Å². The van der Waals surface area contributed by atoms with Crippen LogP contribution in [0.15, 0.2) is 60.0 Å². The molecule has 0 spiro atoms. The molecule has 0 saturated carbocycles. The number of hydrogen-bond acceptors (Lipinski definition) is 6. The van der Waals surface area contributed by atoms with Gasteiger partial charge in [-0.2, -0.15) is 0 Å². The number of nitrogens with two attached hydrogens (primary N) is 1. The van der Waals surface area contributed by atoms with Crippen LogP contribution in [-0.2, 0) is 4.79 Å². The van der Waals surface area contributed by atoms with E-state index in [9.17, 15) is 9.59 Å². The molecule has 7 nitrogen and oxygen atoms in total. The summed E-state index contributed by atoms with van der Waals surface area (Å²) in [4.78, 5) is 30.4. The third-order valence-corrected chi connectivity index (χ3v) is 5.16. The molecule has 0 radical (unpaired) electrons. The Kier molecular flexibility index (Phi) is 6.46. The highest BCUT2D eigenvalue weighted by Crippen LogP contribution is 2.26. The Balaban J connectivity index is 1.78. The highest BCUT2D eigenvalue weighted by Gasteiger charge is 2.26. The van der Waals surface area contributed by atoms with Crippen LogP contribution in [-0.4, -0.2) is 35.4 Å². The van der Waals surface area contributed by atoms with Gasteiger partial charge in [-0.3, -0.25) is 9.59 Å². The van der Waals surface area contributed by atoms with E-state index in [1.165, 1.54) is 16.2 Å². The van der Waals surface area contributed by atoms with Crippen LogP contribution in [0.25, 0.3) is 0 Å². The van der Waals surface area contributed by atoms with Crippen molar-refractivity contribution >= 4 is 34.0 Å². The smallest absolute Gasteiger partial charge is 0.274 e. The molecule has 29 heavy (non-hydrogen) atoms. The monoisotopic (exact) mass is 410 g/mol. The van der Waals surface area contributed by atoms with E-state index in [1.807, 2.05) is 61.5 Å². The van der Waals surface area contributed by atoms with Crippen LogP contribution in [0, 0.1) is 0 Å². The summed E-state index contributed by atoms with van der Waals surface area (Å²) in [6.45, 7) is 1.67. The number of rotatable bonds is 8. The van der Waals surface area contributed by atoms with Crippen LogP contribution < -0.4 is 15.8 Å². The van der Waals surface area contributed by atoms with Crippen molar-refractivity contribution in [1.82, 2.24) is 9.88 Å². The SMILES string of the molecule is COc1ccc(Nc2nc(C(=O)N(CC(N)=O)[C@H](C)c3ccccc3)cs2)cc1. The molecular weight excluding hydrogens is 388 g/mol. The van der Waals surface area contributed by atoms with E-state index in [0.29, 0.717) is 5.13 Å². The molecule has 150 valence electrons. The Hall–Kier alpha value is -3.39. The summed E-state index contributed by atoms with van der Waals surface area (Å²) in [6.07, 6.45) is 0. The molecule has 1 heterocycles. The van der Waals surface area contributed by atoms with Gasteiger partial charge in [0.05, 0.1) is 13.2 Å². The van der Waals surface area contributed by atoms with E-state index in [4.69, 9.17) is 10.5 Å². The molecule has 0 unspecified atom stereocenters. The predicted octanol–water partition coefficient (Wildman–Crippen LogP) is 3.58. The number of ether oxygens (including phenoxy) is 1. The Bertz CT molecular complexity index is 973. The molecule has 0 fully saturated rings.